The van der Waals surface area contributed by atoms with E-state index < -0.39 is 0 Å². The number of hydrogen-bond donors (Lipinski definition) is 0. The summed E-state index contributed by atoms with van der Waals surface area (Å²) in [6.45, 7) is 14.3. The molecule has 0 bridgehead atoms. The van der Waals surface area contributed by atoms with Crippen molar-refractivity contribution >= 4 is 23.2 Å². The summed E-state index contributed by atoms with van der Waals surface area (Å²) in [5.41, 5.74) is 8.28. The molecule has 174 valence electrons. The molecule has 3 aromatic rings. The highest BCUT2D eigenvalue weighted by Gasteiger charge is 2.35. The summed E-state index contributed by atoms with van der Waals surface area (Å²) >= 11 is 0. The second-order valence-corrected chi connectivity index (χ2v) is 11.4. The lowest BCUT2D eigenvalue weighted by Crippen LogP contribution is -2.16. The van der Waals surface area contributed by atoms with Gasteiger partial charge in [0.2, 0.25) is 11.8 Å². The summed E-state index contributed by atoms with van der Waals surface area (Å²) < 4.78 is 0. The predicted octanol–water partition coefficient (Wildman–Crippen LogP) is 5.70. The van der Waals surface area contributed by atoms with Gasteiger partial charge in [0.15, 0.2) is 0 Å². The highest BCUT2D eigenvalue weighted by Crippen LogP contribution is 2.37. The van der Waals surface area contributed by atoms with E-state index >= 15 is 0 Å². The molecular formula is C29H31N3O2. The van der Waals surface area contributed by atoms with E-state index in [4.69, 9.17) is 4.98 Å². The maximum Gasteiger partial charge on any atom is 0.247 e. The number of benzene rings is 2. The Morgan fingerprint density at radius 3 is 1.53 bits per heavy atom. The van der Waals surface area contributed by atoms with Gasteiger partial charge in [0, 0.05) is 28.7 Å². The fourth-order valence-corrected chi connectivity index (χ4v) is 4.12. The fourth-order valence-electron chi connectivity index (χ4n) is 4.12. The van der Waals surface area contributed by atoms with Gasteiger partial charge in [-0.3, -0.25) is 14.6 Å². The molecule has 5 heteroatoms. The van der Waals surface area contributed by atoms with Gasteiger partial charge in [-0.1, -0.05) is 53.7 Å². The summed E-state index contributed by atoms with van der Waals surface area (Å²) in [5, 5.41) is 0. The van der Waals surface area contributed by atoms with Gasteiger partial charge in [0.1, 0.15) is 13.1 Å². The SMILES string of the molecule is CC(C)(C)c1cc(-c2ccc(-c3cc(N4CC4=O)cc(N4CC4=O)c3)cn2)cc(C(C)(C)C)c1. The van der Waals surface area contributed by atoms with Crippen molar-refractivity contribution in [2.45, 2.75) is 52.4 Å². The maximum absolute atomic E-state index is 11.7. The molecule has 2 aromatic carbocycles. The summed E-state index contributed by atoms with van der Waals surface area (Å²) in [6, 6.07) is 16.8. The number of pyridine rings is 1. The first kappa shape index (κ1) is 22.3. The maximum atomic E-state index is 11.7. The molecule has 3 heterocycles. The third-order valence-electron chi connectivity index (χ3n) is 6.57. The molecule has 0 aliphatic carbocycles. The van der Waals surface area contributed by atoms with Crippen LogP contribution in [0, 0.1) is 0 Å². The predicted molar refractivity (Wildman–Crippen MR) is 137 cm³/mol. The Balaban J connectivity index is 1.53. The Hall–Kier alpha value is -3.47. The van der Waals surface area contributed by atoms with Crippen LogP contribution >= 0.6 is 0 Å². The number of aromatic nitrogens is 1. The number of amides is 2. The zero-order valence-corrected chi connectivity index (χ0v) is 20.8. The molecule has 0 unspecified atom stereocenters. The van der Waals surface area contributed by atoms with E-state index in [1.54, 1.807) is 9.80 Å². The number of rotatable bonds is 4. The standard InChI is InChI=1S/C29H31N3O2/c1-28(2,3)21-9-20(10-22(13-21)29(4,5)6)25-8-7-18(15-30-25)19-11-23(31-16-26(31)33)14-24(12-19)32-17-27(32)34/h7-15H,16-17H2,1-6H3. The molecule has 34 heavy (non-hydrogen) atoms. The van der Waals surface area contributed by atoms with Gasteiger partial charge in [0.05, 0.1) is 5.69 Å². The van der Waals surface area contributed by atoms with Crippen molar-refractivity contribution < 1.29 is 9.59 Å². The largest absolute Gasteiger partial charge is 0.301 e. The van der Waals surface area contributed by atoms with Crippen molar-refractivity contribution in [2.24, 2.45) is 0 Å². The van der Waals surface area contributed by atoms with Crippen molar-refractivity contribution in [2.75, 3.05) is 22.9 Å². The van der Waals surface area contributed by atoms with E-state index in [-0.39, 0.29) is 22.6 Å². The molecule has 2 aliphatic heterocycles. The molecule has 2 aliphatic rings. The van der Waals surface area contributed by atoms with Crippen molar-refractivity contribution in [1.82, 2.24) is 4.98 Å². The summed E-state index contributed by atoms with van der Waals surface area (Å²) in [4.78, 5) is 31.7. The highest BCUT2D eigenvalue weighted by atomic mass is 16.2. The van der Waals surface area contributed by atoms with Gasteiger partial charge in [-0.2, -0.15) is 0 Å². The average Bonchev–Trinajstić information content (AvgIpc) is 3.69. The summed E-state index contributed by atoms with van der Waals surface area (Å²) in [5.74, 6) is 0.198. The number of carbonyl (C=O) groups excluding carboxylic acids is 2. The number of hydrogen-bond acceptors (Lipinski definition) is 3. The van der Waals surface area contributed by atoms with Crippen molar-refractivity contribution in [3.8, 4) is 22.4 Å². The molecule has 2 amide bonds. The lowest BCUT2D eigenvalue weighted by atomic mass is 9.79. The fraction of sp³-hybridized carbons (Fsp3) is 0.345. The summed E-state index contributed by atoms with van der Waals surface area (Å²) in [7, 11) is 0. The van der Waals surface area contributed by atoms with E-state index in [0.717, 1.165) is 33.8 Å². The van der Waals surface area contributed by atoms with Crippen LogP contribution in [0.25, 0.3) is 22.4 Å². The van der Waals surface area contributed by atoms with Gasteiger partial charge in [-0.05, 0) is 63.9 Å². The minimum absolute atomic E-state index is 0.0396. The van der Waals surface area contributed by atoms with Crippen molar-refractivity contribution in [3.05, 3.63) is 65.9 Å². The molecule has 1 aromatic heterocycles. The Morgan fingerprint density at radius 2 is 1.15 bits per heavy atom. The zero-order valence-electron chi connectivity index (χ0n) is 20.8. The monoisotopic (exact) mass is 453 g/mol. The third-order valence-corrected chi connectivity index (χ3v) is 6.57. The van der Waals surface area contributed by atoms with Crippen LogP contribution in [0.3, 0.4) is 0 Å². The van der Waals surface area contributed by atoms with Gasteiger partial charge >= 0.3 is 0 Å². The van der Waals surface area contributed by atoms with Crippen LogP contribution in [0.5, 0.6) is 0 Å². The van der Waals surface area contributed by atoms with E-state index in [1.807, 2.05) is 24.4 Å². The van der Waals surface area contributed by atoms with Gasteiger partial charge in [-0.25, -0.2) is 0 Å². The second kappa shape index (κ2) is 7.52. The van der Waals surface area contributed by atoms with Gasteiger partial charge in [0.25, 0.3) is 0 Å². The average molecular weight is 454 g/mol. The molecule has 0 radical (unpaired) electrons. The smallest absolute Gasteiger partial charge is 0.247 e. The Morgan fingerprint density at radius 1 is 0.647 bits per heavy atom. The number of anilines is 2. The Kier molecular flexibility index (Phi) is 4.94. The minimum Gasteiger partial charge on any atom is -0.301 e. The first-order chi connectivity index (χ1) is 15.9. The topological polar surface area (TPSA) is 53.0 Å². The quantitative estimate of drug-likeness (QED) is 0.476. The zero-order chi connectivity index (χ0) is 24.4. The van der Waals surface area contributed by atoms with E-state index in [1.165, 1.54) is 11.1 Å². The van der Waals surface area contributed by atoms with Crippen LogP contribution in [0.4, 0.5) is 11.4 Å². The van der Waals surface area contributed by atoms with Crippen LogP contribution < -0.4 is 9.80 Å². The van der Waals surface area contributed by atoms with Crippen LogP contribution in [0.15, 0.2) is 54.7 Å². The molecule has 2 saturated heterocycles. The molecule has 0 N–H and O–H groups in total. The lowest BCUT2D eigenvalue weighted by molar-refractivity contribution is -0.110. The lowest BCUT2D eigenvalue weighted by Gasteiger charge is -2.26. The first-order valence-electron chi connectivity index (χ1n) is 11.8. The van der Waals surface area contributed by atoms with E-state index in [0.29, 0.717) is 13.1 Å². The minimum atomic E-state index is 0.0396. The Bertz CT molecular complexity index is 1240. The molecule has 2 fully saturated rings. The van der Waals surface area contributed by atoms with E-state index in [2.05, 4.69) is 71.9 Å². The third kappa shape index (κ3) is 4.35. The number of nitrogens with zero attached hydrogens (tertiary/aromatic N) is 3. The van der Waals surface area contributed by atoms with Gasteiger partial charge in [-0.15, -0.1) is 0 Å². The molecule has 0 saturated carbocycles. The van der Waals surface area contributed by atoms with Crippen LogP contribution in [-0.4, -0.2) is 29.9 Å². The van der Waals surface area contributed by atoms with Gasteiger partial charge < -0.3 is 9.80 Å². The van der Waals surface area contributed by atoms with Crippen molar-refractivity contribution in [1.29, 1.82) is 0 Å². The molecule has 0 spiro atoms. The molecular weight excluding hydrogens is 422 g/mol. The number of carbonyl (C=O) groups is 2. The van der Waals surface area contributed by atoms with Crippen LogP contribution in [0.1, 0.15) is 52.7 Å². The molecule has 5 rings (SSSR count). The molecule has 0 atom stereocenters. The first-order valence-corrected chi connectivity index (χ1v) is 11.8. The normalized spacial score (nSPS) is 15.7. The van der Waals surface area contributed by atoms with Crippen LogP contribution in [0.2, 0.25) is 0 Å². The van der Waals surface area contributed by atoms with E-state index in [9.17, 15) is 9.59 Å². The summed E-state index contributed by atoms with van der Waals surface area (Å²) in [6.07, 6.45) is 1.88. The highest BCUT2D eigenvalue weighted by molar-refractivity contribution is 6.15. The van der Waals surface area contributed by atoms with Crippen molar-refractivity contribution in [3.63, 3.8) is 0 Å². The molecule has 5 nitrogen and oxygen atoms in total. The van der Waals surface area contributed by atoms with Crippen LogP contribution in [-0.2, 0) is 20.4 Å². The second-order valence-electron chi connectivity index (χ2n) is 11.4. The Labute approximate surface area is 201 Å².